The van der Waals surface area contributed by atoms with Gasteiger partial charge in [0.2, 0.25) is 0 Å². The normalized spacial score (nSPS) is 25.8. The predicted octanol–water partition coefficient (Wildman–Crippen LogP) is 2.20. The summed E-state index contributed by atoms with van der Waals surface area (Å²) in [6, 6.07) is 2.06. The Kier molecular flexibility index (Phi) is 4.07. The maximum absolute atomic E-state index is 12.9. The van der Waals surface area contributed by atoms with Crippen molar-refractivity contribution in [2.75, 3.05) is 26.2 Å². The van der Waals surface area contributed by atoms with Crippen molar-refractivity contribution in [3.63, 3.8) is 0 Å². The van der Waals surface area contributed by atoms with E-state index in [0.717, 1.165) is 68.7 Å². The molecular formula is C17H27N3O. The van der Waals surface area contributed by atoms with Gasteiger partial charge in [-0.3, -0.25) is 4.79 Å². The molecule has 0 aromatic carbocycles. The lowest BCUT2D eigenvalue weighted by molar-refractivity contribution is 0.0757. The number of carbonyl (C=O) groups is 1. The van der Waals surface area contributed by atoms with Gasteiger partial charge < -0.3 is 14.8 Å². The van der Waals surface area contributed by atoms with Gasteiger partial charge in [0.1, 0.15) is 0 Å². The highest BCUT2D eigenvalue weighted by molar-refractivity contribution is 5.95. The summed E-state index contributed by atoms with van der Waals surface area (Å²) in [7, 11) is 0. The third-order valence-electron chi connectivity index (χ3n) is 5.43. The Labute approximate surface area is 127 Å². The number of hydrogen-bond acceptors (Lipinski definition) is 2. The summed E-state index contributed by atoms with van der Waals surface area (Å²) in [4.78, 5) is 15.0. The van der Waals surface area contributed by atoms with E-state index in [2.05, 4.69) is 41.6 Å². The van der Waals surface area contributed by atoms with E-state index in [1.165, 1.54) is 5.69 Å². The lowest BCUT2D eigenvalue weighted by atomic mass is 9.92. The summed E-state index contributed by atoms with van der Waals surface area (Å²) in [5.41, 5.74) is 3.21. The van der Waals surface area contributed by atoms with E-state index in [-0.39, 0.29) is 5.91 Å². The van der Waals surface area contributed by atoms with Crippen molar-refractivity contribution >= 4 is 5.91 Å². The standard InChI is InChI=1S/C17H27N3O/c1-4-20-12(2)9-16(13(20)3)17(21)19-7-5-14-10-18-11-15(14)6-8-19/h9,14-15,18H,4-8,10-11H2,1-3H3/t14-,15+. The van der Waals surface area contributed by atoms with E-state index in [0.29, 0.717) is 0 Å². The quantitative estimate of drug-likeness (QED) is 0.906. The largest absolute Gasteiger partial charge is 0.349 e. The minimum absolute atomic E-state index is 0.232. The smallest absolute Gasteiger partial charge is 0.255 e. The van der Waals surface area contributed by atoms with E-state index in [4.69, 9.17) is 0 Å². The van der Waals surface area contributed by atoms with Crippen molar-refractivity contribution in [3.05, 3.63) is 23.0 Å². The average molecular weight is 289 g/mol. The summed E-state index contributed by atoms with van der Waals surface area (Å²) in [6.45, 7) is 11.3. The lowest BCUT2D eigenvalue weighted by Gasteiger charge is -2.21. The lowest BCUT2D eigenvalue weighted by Crippen LogP contribution is -2.33. The molecule has 0 bridgehead atoms. The molecule has 0 aliphatic carbocycles. The molecule has 2 aliphatic rings. The summed E-state index contributed by atoms with van der Waals surface area (Å²) in [6.07, 6.45) is 2.30. The zero-order valence-electron chi connectivity index (χ0n) is 13.5. The van der Waals surface area contributed by atoms with Crippen LogP contribution < -0.4 is 5.32 Å². The molecule has 1 aromatic heterocycles. The van der Waals surface area contributed by atoms with Gasteiger partial charge in [-0.25, -0.2) is 0 Å². The highest BCUT2D eigenvalue weighted by Gasteiger charge is 2.32. The van der Waals surface area contributed by atoms with Crippen molar-refractivity contribution in [2.45, 2.75) is 40.2 Å². The Morgan fingerprint density at radius 2 is 1.86 bits per heavy atom. The minimum Gasteiger partial charge on any atom is -0.349 e. The number of nitrogens with one attached hydrogen (secondary N) is 1. The first-order valence-corrected chi connectivity index (χ1v) is 8.28. The van der Waals surface area contributed by atoms with Gasteiger partial charge in [0.15, 0.2) is 0 Å². The Bertz CT molecular complexity index is 520. The van der Waals surface area contributed by atoms with Gasteiger partial charge in [0, 0.05) is 31.0 Å². The molecule has 21 heavy (non-hydrogen) atoms. The van der Waals surface area contributed by atoms with Crippen LogP contribution in [-0.4, -0.2) is 41.6 Å². The number of likely N-dealkylation sites (tertiary alicyclic amines) is 1. The fourth-order valence-corrected chi connectivity index (χ4v) is 4.10. The Morgan fingerprint density at radius 3 is 2.38 bits per heavy atom. The second-order valence-corrected chi connectivity index (χ2v) is 6.58. The molecule has 1 N–H and O–H groups in total. The minimum atomic E-state index is 0.232. The second kappa shape index (κ2) is 5.84. The molecule has 1 amide bonds. The molecule has 3 rings (SSSR count). The number of hydrogen-bond donors (Lipinski definition) is 1. The second-order valence-electron chi connectivity index (χ2n) is 6.58. The first kappa shape index (κ1) is 14.6. The highest BCUT2D eigenvalue weighted by Crippen LogP contribution is 2.28. The van der Waals surface area contributed by atoms with Gasteiger partial charge in [-0.2, -0.15) is 0 Å². The summed E-state index contributed by atoms with van der Waals surface area (Å²) in [5.74, 6) is 1.77. The van der Waals surface area contributed by atoms with E-state index < -0.39 is 0 Å². The molecule has 0 unspecified atom stereocenters. The molecule has 4 nitrogen and oxygen atoms in total. The van der Waals surface area contributed by atoms with Crippen molar-refractivity contribution < 1.29 is 4.79 Å². The maximum Gasteiger partial charge on any atom is 0.255 e. The number of aromatic nitrogens is 1. The van der Waals surface area contributed by atoms with E-state index in [1.54, 1.807) is 0 Å². The Morgan fingerprint density at radius 1 is 1.24 bits per heavy atom. The van der Waals surface area contributed by atoms with E-state index in [1.807, 2.05) is 0 Å². The SMILES string of the molecule is CCn1c(C)cc(C(=O)N2CC[C@@H]3CNC[C@@H]3CC2)c1C. The monoisotopic (exact) mass is 289 g/mol. The Hall–Kier alpha value is -1.29. The summed E-state index contributed by atoms with van der Waals surface area (Å²) in [5, 5.41) is 3.49. The molecule has 2 fully saturated rings. The van der Waals surface area contributed by atoms with Gasteiger partial charge >= 0.3 is 0 Å². The fourth-order valence-electron chi connectivity index (χ4n) is 4.10. The van der Waals surface area contributed by atoms with Crippen LogP contribution >= 0.6 is 0 Å². The number of rotatable bonds is 2. The zero-order chi connectivity index (χ0) is 15.0. The van der Waals surface area contributed by atoms with Crippen LogP contribution in [0.15, 0.2) is 6.07 Å². The topological polar surface area (TPSA) is 37.3 Å². The summed E-state index contributed by atoms with van der Waals surface area (Å²) < 4.78 is 2.23. The van der Waals surface area contributed by atoms with Crippen LogP contribution in [0.25, 0.3) is 0 Å². The van der Waals surface area contributed by atoms with Crippen LogP contribution in [0.4, 0.5) is 0 Å². The number of amides is 1. The van der Waals surface area contributed by atoms with Gasteiger partial charge in [0.25, 0.3) is 5.91 Å². The van der Waals surface area contributed by atoms with E-state index >= 15 is 0 Å². The molecule has 116 valence electrons. The van der Waals surface area contributed by atoms with Crippen molar-refractivity contribution in [2.24, 2.45) is 11.8 Å². The first-order valence-electron chi connectivity index (χ1n) is 8.28. The number of fused-ring (bicyclic) bond motifs is 1. The van der Waals surface area contributed by atoms with Crippen LogP contribution in [0.5, 0.6) is 0 Å². The third kappa shape index (κ3) is 2.61. The van der Waals surface area contributed by atoms with Crippen molar-refractivity contribution in [1.29, 1.82) is 0 Å². The van der Waals surface area contributed by atoms with Gasteiger partial charge in [-0.05, 0) is 64.6 Å². The van der Waals surface area contributed by atoms with Crippen molar-refractivity contribution in [3.8, 4) is 0 Å². The zero-order valence-corrected chi connectivity index (χ0v) is 13.5. The van der Waals surface area contributed by atoms with Gasteiger partial charge in [-0.1, -0.05) is 0 Å². The van der Waals surface area contributed by atoms with E-state index in [9.17, 15) is 4.79 Å². The first-order chi connectivity index (χ1) is 10.1. The third-order valence-corrected chi connectivity index (χ3v) is 5.43. The molecule has 1 aromatic rings. The van der Waals surface area contributed by atoms with Crippen LogP contribution in [0.1, 0.15) is 41.5 Å². The number of nitrogens with zero attached hydrogens (tertiary/aromatic N) is 2. The molecule has 2 aliphatic heterocycles. The van der Waals surface area contributed by atoms with Crippen LogP contribution in [-0.2, 0) is 6.54 Å². The highest BCUT2D eigenvalue weighted by atomic mass is 16.2. The average Bonchev–Trinajstić information content (AvgIpc) is 2.97. The van der Waals surface area contributed by atoms with Crippen molar-refractivity contribution in [1.82, 2.24) is 14.8 Å². The van der Waals surface area contributed by atoms with Crippen LogP contribution in [0.3, 0.4) is 0 Å². The van der Waals surface area contributed by atoms with Crippen LogP contribution in [0, 0.1) is 25.7 Å². The maximum atomic E-state index is 12.9. The van der Waals surface area contributed by atoms with Gasteiger partial charge in [0.05, 0.1) is 5.56 Å². The molecule has 3 heterocycles. The molecule has 2 saturated heterocycles. The predicted molar refractivity (Wildman–Crippen MR) is 84.6 cm³/mol. The number of aryl methyl sites for hydroxylation is 1. The molecule has 0 saturated carbocycles. The molecule has 0 spiro atoms. The van der Waals surface area contributed by atoms with Crippen LogP contribution in [0.2, 0.25) is 0 Å². The molecule has 0 radical (unpaired) electrons. The van der Waals surface area contributed by atoms with Gasteiger partial charge in [-0.15, -0.1) is 0 Å². The molecule has 4 heteroatoms. The molecule has 2 atom stereocenters. The molecular weight excluding hydrogens is 262 g/mol. The number of carbonyl (C=O) groups excluding carboxylic acids is 1. The summed E-state index contributed by atoms with van der Waals surface area (Å²) >= 11 is 0. The fraction of sp³-hybridized carbons (Fsp3) is 0.706. The Balaban J connectivity index is 1.76.